The van der Waals surface area contributed by atoms with Gasteiger partial charge in [-0.25, -0.2) is 0 Å². The second kappa shape index (κ2) is 5.13. The number of aryl methyl sites for hydroxylation is 1. The molecule has 0 aliphatic rings. The van der Waals surface area contributed by atoms with E-state index in [0.717, 1.165) is 13.0 Å². The van der Waals surface area contributed by atoms with Crippen molar-refractivity contribution in [3.05, 3.63) is 35.4 Å². The Hall–Kier alpha value is -0.860. The van der Waals surface area contributed by atoms with Crippen LogP contribution in [0.25, 0.3) is 0 Å². The highest BCUT2D eigenvalue weighted by Gasteiger charge is 2.06. The summed E-state index contributed by atoms with van der Waals surface area (Å²) in [6.07, 6.45) is 1.09. The van der Waals surface area contributed by atoms with Crippen LogP contribution in [-0.4, -0.2) is 25.5 Å². The molecule has 0 fully saturated rings. The fourth-order valence-corrected chi connectivity index (χ4v) is 1.50. The van der Waals surface area contributed by atoms with Crippen LogP contribution in [0.15, 0.2) is 24.3 Å². The number of rotatable bonds is 4. The van der Waals surface area contributed by atoms with Crippen LogP contribution in [0.4, 0.5) is 0 Å². The molecule has 0 radical (unpaired) electrons. The first-order valence-electron chi connectivity index (χ1n) is 5.12. The summed E-state index contributed by atoms with van der Waals surface area (Å²) in [6, 6.07) is 8.70. The van der Waals surface area contributed by atoms with Gasteiger partial charge in [0, 0.05) is 12.6 Å². The SMILES string of the molecule is CCc1ccc(C(N)CN(C)C)cc1. The van der Waals surface area contributed by atoms with Gasteiger partial charge in [-0.2, -0.15) is 0 Å². The summed E-state index contributed by atoms with van der Waals surface area (Å²) in [4.78, 5) is 2.11. The summed E-state index contributed by atoms with van der Waals surface area (Å²) >= 11 is 0. The van der Waals surface area contributed by atoms with Crippen LogP contribution in [0, 0.1) is 0 Å². The maximum absolute atomic E-state index is 6.05. The molecule has 14 heavy (non-hydrogen) atoms. The van der Waals surface area contributed by atoms with Crippen molar-refractivity contribution in [3.63, 3.8) is 0 Å². The minimum Gasteiger partial charge on any atom is -0.323 e. The van der Waals surface area contributed by atoms with Crippen LogP contribution in [0.1, 0.15) is 24.1 Å². The molecule has 0 amide bonds. The van der Waals surface area contributed by atoms with Crippen molar-refractivity contribution in [2.24, 2.45) is 5.73 Å². The Bertz CT molecular complexity index is 264. The lowest BCUT2D eigenvalue weighted by Crippen LogP contribution is -2.25. The molecule has 2 nitrogen and oxygen atoms in total. The topological polar surface area (TPSA) is 29.3 Å². The number of likely N-dealkylation sites (N-methyl/N-ethyl adjacent to an activating group) is 1. The van der Waals surface area contributed by atoms with E-state index in [0.29, 0.717) is 0 Å². The first-order chi connectivity index (χ1) is 6.63. The molecule has 0 aliphatic carbocycles. The van der Waals surface area contributed by atoms with Gasteiger partial charge in [0.1, 0.15) is 0 Å². The van der Waals surface area contributed by atoms with E-state index in [4.69, 9.17) is 5.73 Å². The van der Waals surface area contributed by atoms with Crippen LogP contribution < -0.4 is 5.73 Å². The molecule has 2 heteroatoms. The van der Waals surface area contributed by atoms with E-state index in [9.17, 15) is 0 Å². The highest BCUT2D eigenvalue weighted by molar-refractivity contribution is 5.24. The van der Waals surface area contributed by atoms with Crippen molar-refractivity contribution < 1.29 is 0 Å². The summed E-state index contributed by atoms with van der Waals surface area (Å²) in [5.41, 5.74) is 8.63. The largest absolute Gasteiger partial charge is 0.323 e. The molecular weight excluding hydrogens is 172 g/mol. The van der Waals surface area contributed by atoms with Crippen LogP contribution in [-0.2, 0) is 6.42 Å². The monoisotopic (exact) mass is 192 g/mol. The maximum atomic E-state index is 6.05. The summed E-state index contributed by atoms with van der Waals surface area (Å²) in [7, 11) is 4.08. The zero-order valence-electron chi connectivity index (χ0n) is 9.33. The van der Waals surface area contributed by atoms with E-state index < -0.39 is 0 Å². The molecule has 0 saturated carbocycles. The van der Waals surface area contributed by atoms with Crippen molar-refractivity contribution in [2.45, 2.75) is 19.4 Å². The van der Waals surface area contributed by atoms with Gasteiger partial charge in [0.15, 0.2) is 0 Å². The Balaban J connectivity index is 2.66. The standard InChI is InChI=1S/C12H20N2/c1-4-10-5-7-11(8-6-10)12(13)9-14(2)3/h5-8,12H,4,9,13H2,1-3H3. The molecule has 0 aliphatic heterocycles. The number of benzene rings is 1. The van der Waals surface area contributed by atoms with Gasteiger partial charge in [-0.1, -0.05) is 31.2 Å². The van der Waals surface area contributed by atoms with Crippen LogP contribution in [0.5, 0.6) is 0 Å². The lowest BCUT2D eigenvalue weighted by atomic mass is 10.0. The summed E-state index contributed by atoms with van der Waals surface area (Å²) in [6.45, 7) is 3.06. The fraction of sp³-hybridized carbons (Fsp3) is 0.500. The molecule has 1 atom stereocenters. The lowest BCUT2D eigenvalue weighted by Gasteiger charge is -2.17. The third-order valence-electron chi connectivity index (χ3n) is 2.38. The van der Waals surface area contributed by atoms with E-state index in [1.807, 2.05) is 14.1 Å². The van der Waals surface area contributed by atoms with Crippen LogP contribution >= 0.6 is 0 Å². The second-order valence-corrected chi connectivity index (χ2v) is 3.96. The fourth-order valence-electron chi connectivity index (χ4n) is 1.50. The van der Waals surface area contributed by atoms with E-state index in [1.165, 1.54) is 11.1 Å². The lowest BCUT2D eigenvalue weighted by molar-refractivity contribution is 0.376. The third kappa shape index (κ3) is 3.13. The first-order valence-corrected chi connectivity index (χ1v) is 5.12. The summed E-state index contributed by atoms with van der Waals surface area (Å²) in [5, 5.41) is 0. The van der Waals surface area contributed by atoms with Gasteiger partial charge in [0.05, 0.1) is 0 Å². The van der Waals surface area contributed by atoms with Crippen molar-refractivity contribution in [1.82, 2.24) is 4.90 Å². The molecule has 0 spiro atoms. The molecule has 1 aromatic rings. The molecule has 1 aromatic carbocycles. The molecule has 78 valence electrons. The van der Waals surface area contributed by atoms with Gasteiger partial charge in [0.25, 0.3) is 0 Å². The van der Waals surface area contributed by atoms with E-state index in [1.54, 1.807) is 0 Å². The zero-order chi connectivity index (χ0) is 10.6. The predicted molar refractivity (Wildman–Crippen MR) is 61.3 cm³/mol. The molecule has 0 aromatic heterocycles. The normalized spacial score (nSPS) is 13.2. The number of hydrogen-bond donors (Lipinski definition) is 1. The summed E-state index contributed by atoms with van der Waals surface area (Å²) < 4.78 is 0. The molecule has 0 heterocycles. The average molecular weight is 192 g/mol. The first kappa shape index (κ1) is 11.2. The number of nitrogens with two attached hydrogens (primary N) is 1. The Labute approximate surface area is 86.7 Å². The highest BCUT2D eigenvalue weighted by Crippen LogP contribution is 2.12. The molecule has 2 N–H and O–H groups in total. The number of hydrogen-bond acceptors (Lipinski definition) is 2. The van der Waals surface area contributed by atoms with Crippen molar-refractivity contribution in [3.8, 4) is 0 Å². The van der Waals surface area contributed by atoms with Crippen molar-refractivity contribution in [1.29, 1.82) is 0 Å². The third-order valence-corrected chi connectivity index (χ3v) is 2.38. The van der Waals surface area contributed by atoms with Gasteiger partial charge >= 0.3 is 0 Å². The molecule has 1 unspecified atom stereocenters. The average Bonchev–Trinajstić information content (AvgIpc) is 2.17. The quantitative estimate of drug-likeness (QED) is 0.788. The van der Waals surface area contributed by atoms with Crippen LogP contribution in [0.3, 0.4) is 0 Å². The second-order valence-electron chi connectivity index (χ2n) is 3.96. The van der Waals surface area contributed by atoms with E-state index in [-0.39, 0.29) is 6.04 Å². The zero-order valence-corrected chi connectivity index (χ0v) is 9.33. The van der Waals surface area contributed by atoms with Gasteiger partial charge in [-0.3, -0.25) is 0 Å². The highest BCUT2D eigenvalue weighted by atomic mass is 15.1. The molecule has 1 rings (SSSR count). The minimum absolute atomic E-state index is 0.121. The smallest absolute Gasteiger partial charge is 0.0424 e. The van der Waals surface area contributed by atoms with E-state index in [2.05, 4.69) is 36.1 Å². The van der Waals surface area contributed by atoms with Crippen molar-refractivity contribution in [2.75, 3.05) is 20.6 Å². The number of nitrogens with zero attached hydrogens (tertiary/aromatic N) is 1. The Kier molecular flexibility index (Phi) is 4.11. The van der Waals surface area contributed by atoms with E-state index >= 15 is 0 Å². The van der Waals surface area contributed by atoms with Gasteiger partial charge in [-0.05, 0) is 31.6 Å². The predicted octanol–water partition coefficient (Wildman–Crippen LogP) is 1.81. The van der Waals surface area contributed by atoms with Crippen LogP contribution in [0.2, 0.25) is 0 Å². The Morgan fingerprint density at radius 3 is 2.21 bits per heavy atom. The minimum atomic E-state index is 0.121. The van der Waals surface area contributed by atoms with Crippen molar-refractivity contribution >= 4 is 0 Å². The van der Waals surface area contributed by atoms with Gasteiger partial charge in [0.2, 0.25) is 0 Å². The summed E-state index contributed by atoms with van der Waals surface area (Å²) in [5.74, 6) is 0. The maximum Gasteiger partial charge on any atom is 0.0424 e. The Morgan fingerprint density at radius 2 is 1.79 bits per heavy atom. The Morgan fingerprint density at radius 1 is 1.21 bits per heavy atom. The molecular formula is C12H20N2. The molecule has 0 bridgehead atoms. The van der Waals surface area contributed by atoms with Gasteiger partial charge in [-0.15, -0.1) is 0 Å². The van der Waals surface area contributed by atoms with Gasteiger partial charge < -0.3 is 10.6 Å². The molecule has 0 saturated heterocycles.